The van der Waals surface area contributed by atoms with E-state index in [9.17, 15) is 14.7 Å². The third-order valence-electron chi connectivity index (χ3n) is 6.56. The number of carbonyl (C=O) groups excluding carboxylic acids is 2. The number of unbranched alkanes of at least 4 members (excludes halogenated alkanes) is 1. The maximum absolute atomic E-state index is 13.9. The van der Waals surface area contributed by atoms with Gasteiger partial charge in [-0.1, -0.05) is 36.8 Å². The fourth-order valence-corrected chi connectivity index (χ4v) is 6.60. The Bertz CT molecular complexity index is 1620. The first-order valence-electron chi connectivity index (χ1n) is 12.7. The number of anilines is 1. The van der Waals surface area contributed by atoms with Crippen LogP contribution in [0.25, 0.3) is 10.2 Å². The molecule has 202 valence electrons. The van der Waals surface area contributed by atoms with Crippen LogP contribution in [0.15, 0.2) is 47.7 Å². The van der Waals surface area contributed by atoms with Crippen molar-refractivity contribution in [2.75, 3.05) is 18.6 Å². The SMILES string of the molecule is CCCCOc1ccc(C2C(C(=O)c3sc(C)nc3C)=C(O)C(=O)N2c2nc3ccc(C)cc3s2)cc1OC. The highest BCUT2D eigenvalue weighted by Gasteiger charge is 2.46. The number of Topliss-reactive ketones (excluding diaryl/α,β-unsaturated/α-hetero) is 1. The van der Waals surface area contributed by atoms with Crippen molar-refractivity contribution >= 4 is 49.7 Å². The fraction of sp³-hybridized carbons (Fsp3) is 0.310. The van der Waals surface area contributed by atoms with Crippen LogP contribution in [0.1, 0.15) is 57.3 Å². The number of nitrogens with zero attached hydrogens (tertiary/aromatic N) is 3. The summed E-state index contributed by atoms with van der Waals surface area (Å²) in [6.45, 7) is 8.18. The van der Waals surface area contributed by atoms with Crippen LogP contribution in [0.2, 0.25) is 0 Å². The number of aromatic nitrogens is 2. The molecule has 1 N–H and O–H groups in total. The molecule has 0 fully saturated rings. The molecule has 0 bridgehead atoms. The van der Waals surface area contributed by atoms with Gasteiger partial charge in [-0.05, 0) is 62.6 Å². The van der Waals surface area contributed by atoms with Crippen LogP contribution in [0.4, 0.5) is 5.13 Å². The Morgan fingerprint density at radius 3 is 2.56 bits per heavy atom. The molecule has 0 aliphatic carbocycles. The van der Waals surface area contributed by atoms with Crippen molar-refractivity contribution in [3.8, 4) is 11.5 Å². The first kappa shape index (κ1) is 26.8. The number of carbonyl (C=O) groups is 2. The first-order chi connectivity index (χ1) is 18.7. The maximum Gasteiger partial charge on any atom is 0.296 e. The van der Waals surface area contributed by atoms with Crippen molar-refractivity contribution in [2.24, 2.45) is 0 Å². The van der Waals surface area contributed by atoms with E-state index in [0.717, 1.165) is 33.6 Å². The predicted molar refractivity (Wildman–Crippen MR) is 154 cm³/mol. The lowest BCUT2D eigenvalue weighted by molar-refractivity contribution is -0.117. The molecular formula is C29H29N3O5S2. The summed E-state index contributed by atoms with van der Waals surface area (Å²) in [5.74, 6) is -0.668. The standard InChI is InChI=1S/C29H29N3O5S2/c1-6-7-12-37-20-11-9-18(14-21(20)36-5)24-23(25(33)27-16(3)30-17(4)38-27)26(34)28(35)32(24)29-31-19-10-8-15(2)13-22(19)39-29/h8-11,13-14,24,34H,6-7,12H2,1-5H3. The number of benzene rings is 2. The fourth-order valence-electron chi connectivity index (χ4n) is 4.64. The zero-order chi connectivity index (χ0) is 27.8. The molecule has 5 rings (SSSR count). The second-order valence-corrected chi connectivity index (χ2v) is 11.6. The third kappa shape index (κ3) is 4.90. The normalized spacial score (nSPS) is 15.5. The number of aryl methyl sites for hydroxylation is 3. The number of aliphatic hydroxyl groups is 1. The minimum atomic E-state index is -0.924. The van der Waals surface area contributed by atoms with Crippen molar-refractivity contribution in [3.05, 3.63) is 74.4 Å². The van der Waals surface area contributed by atoms with E-state index in [4.69, 9.17) is 14.5 Å². The van der Waals surface area contributed by atoms with Crippen LogP contribution in [-0.2, 0) is 4.79 Å². The molecule has 1 amide bonds. The number of amides is 1. The zero-order valence-electron chi connectivity index (χ0n) is 22.4. The number of rotatable bonds is 9. The van der Waals surface area contributed by atoms with Crippen molar-refractivity contribution in [2.45, 2.75) is 46.6 Å². The molecule has 39 heavy (non-hydrogen) atoms. The van der Waals surface area contributed by atoms with Crippen LogP contribution in [0, 0.1) is 20.8 Å². The minimum Gasteiger partial charge on any atom is -0.503 e. The molecule has 1 aliphatic heterocycles. The minimum absolute atomic E-state index is 0.0103. The molecule has 4 aromatic rings. The van der Waals surface area contributed by atoms with Gasteiger partial charge in [0.15, 0.2) is 22.4 Å². The van der Waals surface area contributed by atoms with E-state index >= 15 is 0 Å². The highest BCUT2D eigenvalue weighted by atomic mass is 32.1. The molecule has 1 atom stereocenters. The molecule has 2 aromatic heterocycles. The highest BCUT2D eigenvalue weighted by Crippen LogP contribution is 2.46. The van der Waals surface area contributed by atoms with Gasteiger partial charge in [-0.2, -0.15) is 0 Å². The van der Waals surface area contributed by atoms with Crippen LogP contribution in [0.3, 0.4) is 0 Å². The summed E-state index contributed by atoms with van der Waals surface area (Å²) in [7, 11) is 1.54. The second kappa shape index (κ2) is 10.8. The van der Waals surface area contributed by atoms with Crippen molar-refractivity contribution in [1.29, 1.82) is 0 Å². The number of methoxy groups -OCH3 is 1. The van der Waals surface area contributed by atoms with E-state index in [0.29, 0.717) is 39.4 Å². The van der Waals surface area contributed by atoms with Crippen LogP contribution >= 0.6 is 22.7 Å². The van der Waals surface area contributed by atoms with Gasteiger partial charge in [0.2, 0.25) is 5.78 Å². The number of thiazole rings is 2. The van der Waals surface area contributed by atoms with Crippen molar-refractivity contribution < 1.29 is 24.2 Å². The van der Waals surface area contributed by atoms with Crippen molar-refractivity contribution in [3.63, 3.8) is 0 Å². The molecule has 0 saturated heterocycles. The number of aliphatic hydroxyl groups excluding tert-OH is 1. The molecule has 1 unspecified atom stereocenters. The average Bonchev–Trinajstić information content (AvgIpc) is 3.56. The Labute approximate surface area is 234 Å². The number of fused-ring (bicyclic) bond motifs is 1. The Morgan fingerprint density at radius 2 is 1.87 bits per heavy atom. The first-order valence-corrected chi connectivity index (χ1v) is 14.3. The summed E-state index contributed by atoms with van der Waals surface area (Å²) >= 11 is 2.58. The molecule has 0 saturated carbocycles. The second-order valence-electron chi connectivity index (χ2n) is 9.40. The van der Waals surface area contributed by atoms with E-state index in [-0.39, 0.29) is 5.57 Å². The summed E-state index contributed by atoms with van der Waals surface area (Å²) in [5.41, 5.74) is 2.93. The largest absolute Gasteiger partial charge is 0.503 e. The van der Waals surface area contributed by atoms with Crippen molar-refractivity contribution in [1.82, 2.24) is 9.97 Å². The topological polar surface area (TPSA) is 102 Å². The van der Waals surface area contributed by atoms with Gasteiger partial charge in [-0.3, -0.25) is 14.5 Å². The third-order valence-corrected chi connectivity index (χ3v) is 8.65. The van der Waals surface area contributed by atoms with E-state index < -0.39 is 23.5 Å². The summed E-state index contributed by atoms with van der Waals surface area (Å²) < 4.78 is 12.4. The monoisotopic (exact) mass is 563 g/mol. The van der Waals surface area contributed by atoms with Gasteiger partial charge in [0.05, 0.1) is 51.1 Å². The van der Waals surface area contributed by atoms with Gasteiger partial charge >= 0.3 is 0 Å². The highest BCUT2D eigenvalue weighted by molar-refractivity contribution is 7.22. The van der Waals surface area contributed by atoms with Gasteiger partial charge in [0.1, 0.15) is 0 Å². The summed E-state index contributed by atoms with van der Waals surface area (Å²) in [4.78, 5) is 38.4. The van der Waals surface area contributed by atoms with Crippen LogP contribution in [-0.4, -0.2) is 40.5 Å². The summed E-state index contributed by atoms with van der Waals surface area (Å²) in [6.07, 6.45) is 1.89. The average molecular weight is 564 g/mol. The predicted octanol–water partition coefficient (Wildman–Crippen LogP) is 6.65. The molecule has 0 radical (unpaired) electrons. The van der Waals surface area contributed by atoms with Gasteiger partial charge in [-0.15, -0.1) is 11.3 Å². The lowest BCUT2D eigenvalue weighted by Gasteiger charge is -2.25. The number of ketones is 1. The molecular weight excluding hydrogens is 534 g/mol. The maximum atomic E-state index is 13.9. The lowest BCUT2D eigenvalue weighted by Crippen LogP contribution is -2.31. The number of ether oxygens (including phenoxy) is 2. The van der Waals surface area contributed by atoms with E-state index in [1.807, 2.05) is 32.0 Å². The molecule has 3 heterocycles. The van der Waals surface area contributed by atoms with Gasteiger partial charge in [-0.25, -0.2) is 9.97 Å². The summed E-state index contributed by atoms with van der Waals surface area (Å²) in [6, 6.07) is 10.2. The van der Waals surface area contributed by atoms with E-state index in [1.54, 1.807) is 32.2 Å². The van der Waals surface area contributed by atoms with E-state index in [1.165, 1.54) is 27.6 Å². The molecule has 0 spiro atoms. The lowest BCUT2D eigenvalue weighted by atomic mass is 9.95. The molecule has 1 aliphatic rings. The van der Waals surface area contributed by atoms with E-state index in [2.05, 4.69) is 11.9 Å². The van der Waals surface area contributed by atoms with Gasteiger partial charge in [0.25, 0.3) is 5.91 Å². The smallest absolute Gasteiger partial charge is 0.296 e. The molecule has 2 aromatic carbocycles. The van der Waals surface area contributed by atoms with Gasteiger partial charge < -0.3 is 14.6 Å². The molecule has 10 heteroatoms. The zero-order valence-corrected chi connectivity index (χ0v) is 24.0. The van der Waals surface area contributed by atoms with Crippen LogP contribution in [0.5, 0.6) is 11.5 Å². The van der Waals surface area contributed by atoms with Crippen LogP contribution < -0.4 is 14.4 Å². The Balaban J connectivity index is 1.65. The quantitative estimate of drug-likeness (QED) is 0.180. The number of hydrogen-bond donors (Lipinski definition) is 1. The number of hydrogen-bond acceptors (Lipinski definition) is 9. The Morgan fingerprint density at radius 1 is 1.08 bits per heavy atom. The molecule has 8 nitrogen and oxygen atoms in total. The van der Waals surface area contributed by atoms with Gasteiger partial charge in [0, 0.05) is 0 Å². The Kier molecular flexibility index (Phi) is 7.42. The Hall–Kier alpha value is -3.76. The summed E-state index contributed by atoms with van der Waals surface area (Å²) in [5, 5.41) is 12.3.